The second-order valence-electron chi connectivity index (χ2n) is 19.0. The van der Waals surface area contributed by atoms with Crippen molar-refractivity contribution in [1.29, 1.82) is 5.41 Å². The van der Waals surface area contributed by atoms with Crippen molar-refractivity contribution < 1.29 is 0 Å². The first kappa shape index (κ1) is 42.2. The minimum absolute atomic E-state index is 0.340. The van der Waals surface area contributed by atoms with Gasteiger partial charge in [0.2, 0.25) is 0 Å². The van der Waals surface area contributed by atoms with Gasteiger partial charge in [-0.2, -0.15) is 0 Å². The summed E-state index contributed by atoms with van der Waals surface area (Å²) in [6.07, 6.45) is -0.413. The summed E-state index contributed by atoms with van der Waals surface area (Å²) in [5, 5.41) is 25.0. The SMILES string of the molecule is N=C(NC(Nn1c2ccc(-c3ccccc3)cc2c2cc(-c3ccc4c(c3)c3cc(-c5ccc6c7ccccc7c7ccccc7c6c5)ccc3n4-c3ccccc3)ccc21)c1ccccc1)c1ccccc1. The van der Waals surface area contributed by atoms with Crippen LogP contribution in [0.2, 0.25) is 0 Å². The van der Waals surface area contributed by atoms with Crippen LogP contribution in [0.5, 0.6) is 0 Å². The Balaban J connectivity index is 0.930. The number of benzene rings is 12. The van der Waals surface area contributed by atoms with E-state index in [1.807, 2.05) is 48.5 Å². The molecule has 0 aliphatic rings. The molecule has 1 atom stereocenters. The summed E-state index contributed by atoms with van der Waals surface area (Å²) in [5.74, 6) is 0.340. The average Bonchev–Trinajstić information content (AvgIpc) is 3.96. The van der Waals surface area contributed by atoms with Gasteiger partial charge in [-0.1, -0.05) is 194 Å². The number of hydrogen-bond donors (Lipinski definition) is 3. The van der Waals surface area contributed by atoms with Gasteiger partial charge in [-0.25, -0.2) is 0 Å². The molecule has 0 amide bonds. The second kappa shape index (κ2) is 17.3. The number of nitrogens with zero attached hydrogens (tertiary/aromatic N) is 2. The van der Waals surface area contributed by atoms with Crippen molar-refractivity contribution in [2.45, 2.75) is 6.17 Å². The number of aromatic nitrogens is 2. The van der Waals surface area contributed by atoms with E-state index < -0.39 is 6.17 Å². The minimum Gasteiger partial charge on any atom is -0.345 e. The number of nitrogens with one attached hydrogen (secondary N) is 3. The summed E-state index contributed by atoms with van der Waals surface area (Å²) in [4.78, 5) is 0. The molecule has 0 radical (unpaired) electrons. The molecule has 0 saturated heterocycles. The largest absolute Gasteiger partial charge is 0.345 e. The van der Waals surface area contributed by atoms with Gasteiger partial charge in [0.05, 0.1) is 22.1 Å². The van der Waals surface area contributed by atoms with E-state index in [-0.39, 0.29) is 0 Å². The van der Waals surface area contributed by atoms with Crippen LogP contribution in [0.15, 0.2) is 261 Å². The Hall–Kier alpha value is -9.71. The zero-order chi connectivity index (χ0) is 48.4. The quantitative estimate of drug-likeness (QED) is 0.0585. The van der Waals surface area contributed by atoms with Crippen molar-refractivity contribution in [1.82, 2.24) is 14.6 Å². The maximum absolute atomic E-state index is 9.14. The molecular formula is C68H47N5. The van der Waals surface area contributed by atoms with E-state index in [9.17, 15) is 0 Å². The summed E-state index contributed by atoms with van der Waals surface area (Å²) in [5.41, 5.74) is 18.2. The van der Waals surface area contributed by atoms with E-state index in [2.05, 4.69) is 232 Å². The van der Waals surface area contributed by atoms with Crippen molar-refractivity contribution >= 4 is 81.8 Å². The van der Waals surface area contributed by atoms with Crippen molar-refractivity contribution in [2.24, 2.45) is 0 Å². The summed E-state index contributed by atoms with van der Waals surface area (Å²) >= 11 is 0. The van der Waals surface area contributed by atoms with Gasteiger partial charge in [0.1, 0.15) is 12.0 Å². The van der Waals surface area contributed by atoms with Crippen LogP contribution >= 0.6 is 0 Å². The van der Waals surface area contributed by atoms with Crippen LogP contribution in [0.1, 0.15) is 17.3 Å². The molecule has 73 heavy (non-hydrogen) atoms. The van der Waals surface area contributed by atoms with Gasteiger partial charge >= 0.3 is 0 Å². The summed E-state index contributed by atoms with van der Waals surface area (Å²) in [6.45, 7) is 0. The van der Waals surface area contributed by atoms with Crippen molar-refractivity contribution in [3.05, 3.63) is 272 Å². The number of amidine groups is 1. The molecule has 0 saturated carbocycles. The molecule has 14 rings (SSSR count). The fourth-order valence-corrected chi connectivity index (χ4v) is 11.3. The standard InChI is InChI=1S/C68H47N5/c69-67(45-19-7-2-8-20-45)70-68(46-21-9-3-10-22-46)71-73-65-37-32-47(44-17-5-1-6-18-44)40-61(65)62-43-51(33-38-66(62)73)50-31-36-64-60(42-50)59-41-49(30-35-63(59)72(64)52-23-11-4-12-24-52)48-29-34-57-55-27-14-13-25-53(55)54-26-15-16-28-56(54)58(57)39-48/h1-43,68,71H,(H2,69,70). The molecule has 0 aliphatic carbocycles. The fourth-order valence-electron chi connectivity index (χ4n) is 11.3. The lowest BCUT2D eigenvalue weighted by Crippen LogP contribution is -2.37. The minimum atomic E-state index is -0.413. The van der Waals surface area contributed by atoms with Crippen LogP contribution in [0.3, 0.4) is 0 Å². The van der Waals surface area contributed by atoms with Crippen molar-refractivity contribution in [3.8, 4) is 39.1 Å². The Morgan fingerprint density at radius 2 is 0.685 bits per heavy atom. The van der Waals surface area contributed by atoms with E-state index >= 15 is 0 Å². The van der Waals surface area contributed by atoms with E-state index in [1.165, 1.54) is 65.3 Å². The molecule has 12 aromatic carbocycles. The zero-order valence-corrected chi connectivity index (χ0v) is 39.8. The van der Waals surface area contributed by atoms with Crippen LogP contribution in [0, 0.1) is 5.41 Å². The van der Waals surface area contributed by atoms with Gasteiger partial charge in [0.25, 0.3) is 0 Å². The lowest BCUT2D eigenvalue weighted by molar-refractivity contribution is 0.655. The number of hydrogen-bond acceptors (Lipinski definition) is 2. The van der Waals surface area contributed by atoms with Crippen LogP contribution in [0.25, 0.3) is 115 Å². The Morgan fingerprint density at radius 3 is 1.21 bits per heavy atom. The van der Waals surface area contributed by atoms with E-state index in [0.717, 1.165) is 60.8 Å². The first-order valence-electron chi connectivity index (χ1n) is 24.9. The molecule has 3 N–H and O–H groups in total. The molecule has 0 bridgehead atoms. The highest BCUT2D eigenvalue weighted by Gasteiger charge is 2.21. The van der Waals surface area contributed by atoms with Crippen LogP contribution < -0.4 is 10.7 Å². The fraction of sp³-hybridized carbons (Fsp3) is 0.0147. The predicted octanol–water partition coefficient (Wildman–Crippen LogP) is 17.2. The van der Waals surface area contributed by atoms with Gasteiger partial charge in [-0.05, 0) is 138 Å². The molecule has 14 aromatic rings. The average molecular weight is 934 g/mol. The number of fused-ring (bicyclic) bond motifs is 12. The smallest absolute Gasteiger partial charge is 0.138 e. The molecule has 1 unspecified atom stereocenters. The van der Waals surface area contributed by atoms with Gasteiger partial charge in [-0.15, -0.1) is 0 Å². The summed E-state index contributed by atoms with van der Waals surface area (Å²) in [6, 6.07) is 93.6. The second-order valence-corrected chi connectivity index (χ2v) is 19.0. The van der Waals surface area contributed by atoms with Gasteiger partial charge in [0.15, 0.2) is 0 Å². The molecule has 5 nitrogen and oxygen atoms in total. The van der Waals surface area contributed by atoms with E-state index in [4.69, 9.17) is 5.41 Å². The maximum atomic E-state index is 9.14. The first-order chi connectivity index (χ1) is 36.1. The molecule has 0 aliphatic heterocycles. The van der Waals surface area contributed by atoms with Crippen LogP contribution in [0.4, 0.5) is 0 Å². The lowest BCUT2D eigenvalue weighted by atomic mass is 9.92. The molecule has 2 aromatic heterocycles. The van der Waals surface area contributed by atoms with E-state index in [0.29, 0.717) is 5.84 Å². The number of para-hydroxylation sites is 1. The first-order valence-corrected chi connectivity index (χ1v) is 24.9. The van der Waals surface area contributed by atoms with Gasteiger partial charge < -0.3 is 9.88 Å². The Kier molecular flexibility index (Phi) is 10.0. The molecule has 2 heterocycles. The summed E-state index contributed by atoms with van der Waals surface area (Å²) < 4.78 is 4.60. The van der Waals surface area contributed by atoms with Gasteiger partial charge in [-0.3, -0.25) is 15.5 Å². The predicted molar refractivity (Wildman–Crippen MR) is 308 cm³/mol. The van der Waals surface area contributed by atoms with Crippen LogP contribution in [-0.2, 0) is 0 Å². The van der Waals surface area contributed by atoms with E-state index in [1.54, 1.807) is 0 Å². The van der Waals surface area contributed by atoms with Crippen molar-refractivity contribution in [2.75, 3.05) is 5.43 Å². The van der Waals surface area contributed by atoms with Crippen LogP contribution in [-0.4, -0.2) is 15.1 Å². The lowest BCUT2D eigenvalue weighted by Gasteiger charge is -2.25. The normalized spacial score (nSPS) is 12.1. The monoisotopic (exact) mass is 933 g/mol. The highest BCUT2D eigenvalue weighted by atomic mass is 15.5. The highest BCUT2D eigenvalue weighted by molar-refractivity contribution is 6.26. The van der Waals surface area contributed by atoms with Crippen molar-refractivity contribution in [3.63, 3.8) is 0 Å². The third kappa shape index (κ3) is 7.20. The molecular weight excluding hydrogens is 887 g/mol. The Bertz CT molecular complexity index is 4410. The maximum Gasteiger partial charge on any atom is 0.138 e. The van der Waals surface area contributed by atoms with Gasteiger partial charge in [0, 0.05) is 32.8 Å². The number of rotatable bonds is 9. The molecule has 0 fully saturated rings. The Labute approximate surface area is 422 Å². The molecule has 0 spiro atoms. The summed E-state index contributed by atoms with van der Waals surface area (Å²) in [7, 11) is 0. The Morgan fingerprint density at radius 1 is 0.315 bits per heavy atom. The molecule has 344 valence electrons. The third-order valence-electron chi connectivity index (χ3n) is 14.8. The highest BCUT2D eigenvalue weighted by Crippen LogP contribution is 2.42. The topological polar surface area (TPSA) is 57.8 Å². The molecule has 5 heteroatoms. The zero-order valence-electron chi connectivity index (χ0n) is 39.8. The third-order valence-corrected chi connectivity index (χ3v) is 14.8.